The number of fused-ring (bicyclic) bond motifs is 1. The molecule has 0 radical (unpaired) electrons. The summed E-state index contributed by atoms with van der Waals surface area (Å²) in [5, 5.41) is 11.4. The summed E-state index contributed by atoms with van der Waals surface area (Å²) in [4.78, 5) is 12.0. The molecule has 0 atom stereocenters. The van der Waals surface area contributed by atoms with Crippen LogP contribution in [-0.4, -0.2) is 37.7 Å². The molecule has 0 spiro atoms. The van der Waals surface area contributed by atoms with Gasteiger partial charge in [-0.1, -0.05) is 109 Å². The largest absolute Gasteiger partial charge is 0.465 e. The number of benzene rings is 5. The van der Waals surface area contributed by atoms with Gasteiger partial charge in [0.1, 0.15) is 0 Å². The number of nitrogens with one attached hydrogen (secondary N) is 1. The van der Waals surface area contributed by atoms with Gasteiger partial charge in [0.05, 0.1) is 31.1 Å². The van der Waals surface area contributed by atoms with E-state index in [2.05, 4.69) is 39.6 Å². The van der Waals surface area contributed by atoms with Crippen LogP contribution in [0.2, 0.25) is 5.02 Å². The number of sulfonamides is 1. The van der Waals surface area contributed by atoms with Crippen molar-refractivity contribution in [3.63, 3.8) is 0 Å². The molecule has 2 N–H and O–H groups in total. The molecule has 1 aromatic heterocycles. The number of aromatic nitrogens is 1. The first-order valence-electron chi connectivity index (χ1n) is 17.0. The zero-order valence-corrected chi connectivity index (χ0v) is 30.0. The lowest BCUT2D eigenvalue weighted by atomic mass is 9.97. The van der Waals surface area contributed by atoms with E-state index >= 15 is 0 Å². The molecule has 0 bridgehead atoms. The monoisotopic (exact) mass is 720 g/mol. The second kappa shape index (κ2) is 16.5. The van der Waals surface area contributed by atoms with Crippen LogP contribution in [0.4, 0.5) is 0 Å². The molecule has 0 unspecified atom stereocenters. The standard InChI is InChI=1S/C42H41ClN2O5S/c1-50-42(47)33-21-19-30(20-22-33)11-10-18-37-38-27-36(43)23-24-39(38)45(41(31-12-4-2-5-13-31)32-14-6-3-7-15-32)40(37)25-26-44-51(48,49)29-35-17-9-8-16-34(35)28-46/h2-9,12-17,19-24,27,41,44,46H,10-11,18,25-26,28-29H2,1H3. The van der Waals surface area contributed by atoms with Crippen molar-refractivity contribution in [3.05, 3.63) is 177 Å². The highest BCUT2D eigenvalue weighted by Crippen LogP contribution is 2.38. The zero-order valence-electron chi connectivity index (χ0n) is 28.5. The lowest BCUT2D eigenvalue weighted by molar-refractivity contribution is 0.0600. The van der Waals surface area contributed by atoms with Crippen LogP contribution in [0.25, 0.3) is 10.9 Å². The summed E-state index contributed by atoms with van der Waals surface area (Å²) >= 11 is 6.66. The molecule has 1 heterocycles. The number of carbonyl (C=O) groups is 1. The lowest BCUT2D eigenvalue weighted by Crippen LogP contribution is -2.28. The maximum Gasteiger partial charge on any atom is 0.337 e. The first kappa shape index (κ1) is 36.1. The fourth-order valence-corrected chi connectivity index (χ4v) is 8.22. The van der Waals surface area contributed by atoms with Gasteiger partial charge in [-0.2, -0.15) is 0 Å². The molecule has 0 fully saturated rings. The van der Waals surface area contributed by atoms with Crippen molar-refractivity contribution in [1.29, 1.82) is 0 Å². The molecule has 9 heteroatoms. The average molecular weight is 721 g/mol. The van der Waals surface area contributed by atoms with Gasteiger partial charge in [0.2, 0.25) is 10.0 Å². The molecule has 6 rings (SSSR count). The third kappa shape index (κ3) is 8.60. The number of rotatable bonds is 15. The Morgan fingerprint density at radius 2 is 1.43 bits per heavy atom. The highest BCUT2D eigenvalue weighted by Gasteiger charge is 2.26. The molecular weight excluding hydrogens is 680 g/mol. The number of esters is 1. The van der Waals surface area contributed by atoms with E-state index in [0.29, 0.717) is 28.1 Å². The SMILES string of the molecule is COC(=O)c1ccc(CCCc2c(CCNS(=O)(=O)Cc3ccccc3CO)n(C(c3ccccc3)c3ccccc3)c3ccc(Cl)cc23)cc1. The van der Waals surface area contributed by atoms with Gasteiger partial charge in [-0.3, -0.25) is 0 Å². The van der Waals surface area contributed by atoms with Crippen molar-refractivity contribution in [2.24, 2.45) is 0 Å². The third-order valence-corrected chi connectivity index (χ3v) is 10.8. The predicted molar refractivity (Wildman–Crippen MR) is 204 cm³/mol. The van der Waals surface area contributed by atoms with Crippen LogP contribution in [0, 0.1) is 0 Å². The Balaban J connectivity index is 1.39. The molecule has 262 valence electrons. The highest BCUT2D eigenvalue weighted by atomic mass is 35.5. The van der Waals surface area contributed by atoms with E-state index in [1.807, 2.05) is 60.7 Å². The molecule has 7 nitrogen and oxygen atoms in total. The molecule has 5 aromatic carbocycles. The minimum atomic E-state index is -3.71. The highest BCUT2D eigenvalue weighted by molar-refractivity contribution is 7.88. The molecule has 0 aliphatic rings. The van der Waals surface area contributed by atoms with E-state index in [4.69, 9.17) is 16.3 Å². The van der Waals surface area contributed by atoms with E-state index in [1.54, 1.807) is 36.4 Å². The number of aliphatic hydroxyl groups is 1. The van der Waals surface area contributed by atoms with Crippen molar-refractivity contribution in [1.82, 2.24) is 9.29 Å². The molecule has 0 amide bonds. The number of methoxy groups -OCH3 is 1. The van der Waals surface area contributed by atoms with Crippen LogP contribution in [0.15, 0.2) is 127 Å². The Morgan fingerprint density at radius 1 is 0.804 bits per heavy atom. The lowest BCUT2D eigenvalue weighted by Gasteiger charge is -2.25. The van der Waals surface area contributed by atoms with Crippen molar-refractivity contribution < 1.29 is 23.1 Å². The second-order valence-corrected chi connectivity index (χ2v) is 14.8. The first-order valence-corrected chi connectivity index (χ1v) is 19.0. The Bertz CT molecular complexity index is 2160. The van der Waals surface area contributed by atoms with Crippen molar-refractivity contribution in [2.45, 2.75) is 44.1 Å². The Morgan fingerprint density at radius 3 is 2.06 bits per heavy atom. The number of nitrogens with zero attached hydrogens (tertiary/aromatic N) is 1. The average Bonchev–Trinajstić information content (AvgIpc) is 3.43. The minimum Gasteiger partial charge on any atom is -0.465 e. The number of halogens is 1. The van der Waals surface area contributed by atoms with Gasteiger partial charge in [-0.25, -0.2) is 17.9 Å². The predicted octanol–water partition coefficient (Wildman–Crippen LogP) is 8.05. The van der Waals surface area contributed by atoms with Crippen LogP contribution in [0.1, 0.15) is 61.9 Å². The zero-order chi connectivity index (χ0) is 35.8. The number of aryl methyl sites for hydroxylation is 2. The summed E-state index contributed by atoms with van der Waals surface area (Å²) in [6.45, 7) is -0.0422. The number of carbonyl (C=O) groups excluding carboxylic acids is 1. The van der Waals surface area contributed by atoms with Gasteiger partial charge in [0, 0.05) is 34.6 Å². The van der Waals surface area contributed by atoms with Gasteiger partial charge in [-0.15, -0.1) is 0 Å². The second-order valence-electron chi connectivity index (χ2n) is 12.6. The number of hydrogen-bond acceptors (Lipinski definition) is 5. The van der Waals surface area contributed by atoms with E-state index < -0.39 is 10.0 Å². The van der Waals surface area contributed by atoms with E-state index in [0.717, 1.165) is 58.1 Å². The summed E-state index contributed by atoms with van der Waals surface area (Å²) < 4.78 is 36.8. The van der Waals surface area contributed by atoms with E-state index in [1.165, 1.54) is 7.11 Å². The van der Waals surface area contributed by atoms with Crippen molar-refractivity contribution in [2.75, 3.05) is 13.7 Å². The van der Waals surface area contributed by atoms with E-state index in [9.17, 15) is 18.3 Å². The number of ether oxygens (including phenoxy) is 1. The van der Waals surface area contributed by atoms with Crippen molar-refractivity contribution >= 4 is 38.5 Å². The first-order chi connectivity index (χ1) is 24.8. The fraction of sp³-hybridized carbons (Fsp3) is 0.214. The van der Waals surface area contributed by atoms with Gasteiger partial charge in [-0.05, 0) is 83.0 Å². The summed E-state index contributed by atoms with van der Waals surface area (Å²) in [6, 6.07) is 41.0. The van der Waals surface area contributed by atoms with Crippen LogP contribution in [0.3, 0.4) is 0 Å². The molecule has 0 saturated heterocycles. The van der Waals surface area contributed by atoms with Crippen molar-refractivity contribution in [3.8, 4) is 0 Å². The van der Waals surface area contributed by atoms with Crippen LogP contribution in [0.5, 0.6) is 0 Å². The van der Waals surface area contributed by atoms with Gasteiger partial charge in [0.15, 0.2) is 0 Å². The van der Waals surface area contributed by atoms with E-state index in [-0.39, 0.29) is 30.9 Å². The van der Waals surface area contributed by atoms with Gasteiger partial charge >= 0.3 is 5.97 Å². The molecular formula is C42H41ClN2O5S. The Labute approximate surface area is 304 Å². The van der Waals surface area contributed by atoms with Gasteiger partial charge < -0.3 is 14.4 Å². The van der Waals surface area contributed by atoms with Crippen LogP contribution >= 0.6 is 11.6 Å². The van der Waals surface area contributed by atoms with Gasteiger partial charge in [0.25, 0.3) is 0 Å². The topological polar surface area (TPSA) is 97.6 Å². The fourth-order valence-electron chi connectivity index (χ4n) is 6.84. The maximum atomic E-state index is 13.4. The normalized spacial score (nSPS) is 11.7. The Kier molecular flexibility index (Phi) is 11.7. The quantitative estimate of drug-likeness (QED) is 0.105. The van der Waals surface area contributed by atoms with Crippen LogP contribution in [-0.2, 0) is 46.4 Å². The maximum absolute atomic E-state index is 13.4. The summed E-state index contributed by atoms with van der Waals surface area (Å²) in [5.74, 6) is -0.587. The molecule has 0 aliphatic heterocycles. The molecule has 0 aliphatic carbocycles. The molecule has 6 aromatic rings. The smallest absolute Gasteiger partial charge is 0.337 e. The van der Waals surface area contributed by atoms with Crippen LogP contribution < -0.4 is 4.72 Å². The minimum absolute atomic E-state index is 0.182. The molecule has 51 heavy (non-hydrogen) atoms. The summed E-state index contributed by atoms with van der Waals surface area (Å²) in [7, 11) is -2.34. The third-order valence-electron chi connectivity index (χ3n) is 9.26. The number of hydrogen-bond donors (Lipinski definition) is 2. The summed E-state index contributed by atoms with van der Waals surface area (Å²) in [5.41, 5.74) is 8.17. The Hall–Kier alpha value is -4.73. The summed E-state index contributed by atoms with van der Waals surface area (Å²) in [6.07, 6.45) is 2.77. The molecule has 0 saturated carbocycles. The number of aliphatic hydroxyl groups excluding tert-OH is 1.